The van der Waals surface area contributed by atoms with E-state index < -0.39 is 6.10 Å². The standard InChI is InChI=1S/C10H14BrNO/c1-6-5-8(3-4-9(6)11)10(13)7(2)12/h3-5,7,10,13H,12H2,1-2H3. The molecule has 0 aliphatic carbocycles. The summed E-state index contributed by atoms with van der Waals surface area (Å²) in [5, 5.41) is 9.67. The predicted octanol–water partition coefficient (Wildman–Crippen LogP) is 2.14. The highest BCUT2D eigenvalue weighted by Gasteiger charge is 2.12. The van der Waals surface area contributed by atoms with Gasteiger partial charge in [0.25, 0.3) is 0 Å². The first kappa shape index (κ1) is 10.7. The van der Waals surface area contributed by atoms with Gasteiger partial charge in [0.1, 0.15) is 0 Å². The third-order valence-electron chi connectivity index (χ3n) is 2.02. The van der Waals surface area contributed by atoms with E-state index in [0.717, 1.165) is 15.6 Å². The van der Waals surface area contributed by atoms with Crippen molar-refractivity contribution in [2.45, 2.75) is 26.0 Å². The van der Waals surface area contributed by atoms with Crippen LogP contribution in [0.25, 0.3) is 0 Å². The van der Waals surface area contributed by atoms with Gasteiger partial charge in [0, 0.05) is 10.5 Å². The molecule has 0 fully saturated rings. The Morgan fingerprint density at radius 2 is 2.08 bits per heavy atom. The highest BCUT2D eigenvalue weighted by Crippen LogP contribution is 2.22. The lowest BCUT2D eigenvalue weighted by atomic mass is 10.0. The quantitative estimate of drug-likeness (QED) is 0.837. The molecule has 0 heterocycles. The van der Waals surface area contributed by atoms with Crippen molar-refractivity contribution >= 4 is 15.9 Å². The Hall–Kier alpha value is -0.380. The van der Waals surface area contributed by atoms with E-state index in [2.05, 4.69) is 15.9 Å². The summed E-state index contributed by atoms with van der Waals surface area (Å²) in [6.45, 7) is 3.78. The first-order chi connectivity index (χ1) is 6.02. The normalized spacial score (nSPS) is 15.5. The van der Waals surface area contributed by atoms with E-state index in [1.165, 1.54) is 0 Å². The van der Waals surface area contributed by atoms with Gasteiger partial charge in [-0.15, -0.1) is 0 Å². The van der Waals surface area contributed by atoms with Crippen LogP contribution in [-0.2, 0) is 0 Å². The Labute approximate surface area is 86.9 Å². The second-order valence-electron chi connectivity index (χ2n) is 3.31. The van der Waals surface area contributed by atoms with E-state index in [1.807, 2.05) is 25.1 Å². The van der Waals surface area contributed by atoms with E-state index >= 15 is 0 Å². The van der Waals surface area contributed by atoms with Crippen LogP contribution in [0.15, 0.2) is 22.7 Å². The summed E-state index contributed by atoms with van der Waals surface area (Å²) in [7, 11) is 0. The molecule has 72 valence electrons. The van der Waals surface area contributed by atoms with Crippen LogP contribution in [0, 0.1) is 6.92 Å². The molecule has 0 bridgehead atoms. The van der Waals surface area contributed by atoms with Crippen molar-refractivity contribution in [2.75, 3.05) is 0 Å². The summed E-state index contributed by atoms with van der Waals surface area (Å²) in [6.07, 6.45) is -0.577. The molecule has 13 heavy (non-hydrogen) atoms. The maximum atomic E-state index is 9.67. The monoisotopic (exact) mass is 243 g/mol. The SMILES string of the molecule is Cc1cc(C(O)C(C)N)ccc1Br. The van der Waals surface area contributed by atoms with Gasteiger partial charge in [0.15, 0.2) is 0 Å². The maximum absolute atomic E-state index is 9.67. The lowest BCUT2D eigenvalue weighted by Gasteiger charge is -2.15. The van der Waals surface area contributed by atoms with Crippen LogP contribution >= 0.6 is 15.9 Å². The summed E-state index contributed by atoms with van der Waals surface area (Å²) >= 11 is 3.40. The van der Waals surface area contributed by atoms with E-state index in [1.54, 1.807) is 6.92 Å². The summed E-state index contributed by atoms with van der Waals surface area (Å²) < 4.78 is 1.05. The van der Waals surface area contributed by atoms with E-state index in [-0.39, 0.29) is 6.04 Å². The van der Waals surface area contributed by atoms with Crippen LogP contribution in [0.4, 0.5) is 0 Å². The van der Waals surface area contributed by atoms with E-state index in [4.69, 9.17) is 5.73 Å². The van der Waals surface area contributed by atoms with Crippen molar-refractivity contribution in [1.82, 2.24) is 0 Å². The van der Waals surface area contributed by atoms with Crippen LogP contribution in [0.2, 0.25) is 0 Å². The van der Waals surface area contributed by atoms with Gasteiger partial charge in [-0.1, -0.05) is 28.1 Å². The number of hydrogen-bond donors (Lipinski definition) is 2. The van der Waals surface area contributed by atoms with Crippen molar-refractivity contribution < 1.29 is 5.11 Å². The minimum absolute atomic E-state index is 0.236. The molecule has 2 nitrogen and oxygen atoms in total. The molecule has 1 aromatic rings. The minimum atomic E-state index is -0.577. The third kappa shape index (κ3) is 2.53. The fourth-order valence-corrected chi connectivity index (χ4v) is 1.40. The molecule has 0 aliphatic heterocycles. The van der Waals surface area contributed by atoms with Crippen molar-refractivity contribution in [3.63, 3.8) is 0 Å². The number of aliphatic hydroxyl groups excluding tert-OH is 1. The van der Waals surface area contributed by atoms with E-state index in [0.29, 0.717) is 0 Å². The number of halogens is 1. The molecule has 0 amide bonds. The first-order valence-corrected chi connectivity index (χ1v) is 5.01. The number of benzene rings is 1. The zero-order valence-electron chi connectivity index (χ0n) is 7.79. The van der Waals surface area contributed by atoms with Crippen LogP contribution in [0.3, 0.4) is 0 Å². The average Bonchev–Trinajstić information content (AvgIpc) is 2.08. The van der Waals surface area contributed by atoms with Crippen LogP contribution in [-0.4, -0.2) is 11.1 Å². The number of hydrogen-bond acceptors (Lipinski definition) is 2. The molecule has 0 spiro atoms. The van der Waals surface area contributed by atoms with Gasteiger partial charge in [0.05, 0.1) is 6.10 Å². The molecule has 2 unspecified atom stereocenters. The second-order valence-corrected chi connectivity index (χ2v) is 4.17. The lowest BCUT2D eigenvalue weighted by molar-refractivity contribution is 0.153. The molecule has 3 heteroatoms. The number of aryl methyl sites for hydroxylation is 1. The van der Waals surface area contributed by atoms with Crippen molar-refractivity contribution in [3.05, 3.63) is 33.8 Å². The van der Waals surface area contributed by atoms with Crippen LogP contribution in [0.5, 0.6) is 0 Å². The minimum Gasteiger partial charge on any atom is -0.387 e. The Morgan fingerprint density at radius 3 is 2.54 bits per heavy atom. The lowest BCUT2D eigenvalue weighted by Crippen LogP contribution is -2.24. The summed E-state index contributed by atoms with van der Waals surface area (Å²) in [5.41, 5.74) is 7.57. The van der Waals surface area contributed by atoms with E-state index in [9.17, 15) is 5.11 Å². The average molecular weight is 244 g/mol. The van der Waals surface area contributed by atoms with Crippen molar-refractivity contribution in [3.8, 4) is 0 Å². The molecule has 0 saturated heterocycles. The number of rotatable bonds is 2. The highest BCUT2D eigenvalue weighted by molar-refractivity contribution is 9.10. The molecule has 3 N–H and O–H groups in total. The molecule has 2 atom stereocenters. The molecular formula is C10H14BrNO. The Bertz CT molecular complexity index is 299. The van der Waals surface area contributed by atoms with Crippen LogP contribution < -0.4 is 5.73 Å². The number of nitrogens with two attached hydrogens (primary N) is 1. The predicted molar refractivity (Wildman–Crippen MR) is 57.5 cm³/mol. The largest absolute Gasteiger partial charge is 0.387 e. The van der Waals surface area contributed by atoms with Crippen molar-refractivity contribution in [1.29, 1.82) is 0 Å². The molecule has 0 saturated carbocycles. The third-order valence-corrected chi connectivity index (χ3v) is 2.91. The number of aliphatic hydroxyl groups is 1. The molecule has 0 aromatic heterocycles. The van der Waals surface area contributed by atoms with Crippen molar-refractivity contribution in [2.24, 2.45) is 5.73 Å². The zero-order valence-corrected chi connectivity index (χ0v) is 9.38. The van der Waals surface area contributed by atoms with Gasteiger partial charge < -0.3 is 10.8 Å². The summed E-state index contributed by atoms with van der Waals surface area (Å²) in [5.74, 6) is 0. The first-order valence-electron chi connectivity index (χ1n) is 4.22. The Kier molecular flexibility index (Phi) is 3.47. The van der Waals surface area contributed by atoms with Crippen LogP contribution in [0.1, 0.15) is 24.2 Å². The molecule has 1 aromatic carbocycles. The van der Waals surface area contributed by atoms with Gasteiger partial charge >= 0.3 is 0 Å². The van der Waals surface area contributed by atoms with Gasteiger partial charge in [-0.2, -0.15) is 0 Å². The molecule has 0 aliphatic rings. The summed E-state index contributed by atoms with van der Waals surface area (Å²) in [4.78, 5) is 0. The summed E-state index contributed by atoms with van der Waals surface area (Å²) in [6, 6.07) is 5.51. The molecule has 1 rings (SSSR count). The fourth-order valence-electron chi connectivity index (χ4n) is 1.16. The topological polar surface area (TPSA) is 46.2 Å². The Balaban J connectivity index is 2.97. The molecule has 0 radical (unpaired) electrons. The van der Waals surface area contributed by atoms with Gasteiger partial charge in [-0.25, -0.2) is 0 Å². The van der Waals surface area contributed by atoms with Gasteiger partial charge in [0.2, 0.25) is 0 Å². The van der Waals surface area contributed by atoms with Gasteiger partial charge in [-0.3, -0.25) is 0 Å². The van der Waals surface area contributed by atoms with Gasteiger partial charge in [-0.05, 0) is 31.0 Å². The Morgan fingerprint density at radius 1 is 1.46 bits per heavy atom. The highest BCUT2D eigenvalue weighted by atomic mass is 79.9. The smallest absolute Gasteiger partial charge is 0.0938 e. The second kappa shape index (κ2) is 4.22. The maximum Gasteiger partial charge on any atom is 0.0938 e. The fraction of sp³-hybridized carbons (Fsp3) is 0.400. The zero-order chi connectivity index (χ0) is 10.0. The molecular weight excluding hydrogens is 230 g/mol.